The molecule has 4 aromatic carbocycles. The first kappa shape index (κ1) is 43.0. The van der Waals surface area contributed by atoms with E-state index in [1.165, 1.54) is 74.6 Å². The van der Waals surface area contributed by atoms with Crippen molar-refractivity contribution < 1.29 is 34.0 Å². The predicted octanol–water partition coefficient (Wildman–Crippen LogP) is 8.75. The first-order valence-corrected chi connectivity index (χ1v) is 20.2. The average Bonchev–Trinajstić information content (AvgIpc) is 3.16. The number of esters is 2. The van der Waals surface area contributed by atoms with Crippen molar-refractivity contribution in [1.29, 1.82) is 0 Å². The molecule has 4 aliphatic rings. The largest absolute Gasteiger partial charge is 0.508 e. The van der Waals surface area contributed by atoms with Gasteiger partial charge < -0.3 is 24.4 Å². The van der Waals surface area contributed by atoms with Crippen molar-refractivity contribution in [3.05, 3.63) is 83.9 Å². The lowest BCUT2D eigenvalue weighted by Crippen LogP contribution is -2.49. The van der Waals surface area contributed by atoms with E-state index in [1.807, 2.05) is 12.1 Å². The van der Waals surface area contributed by atoms with Crippen LogP contribution in [0.5, 0.6) is 11.5 Å². The second kappa shape index (κ2) is 20.3. The summed E-state index contributed by atoms with van der Waals surface area (Å²) in [4.78, 5) is 27.3. The molecule has 2 aliphatic carbocycles. The van der Waals surface area contributed by atoms with Crippen molar-refractivity contribution >= 4 is 33.5 Å². The number of hydrogen-bond acceptors (Lipinski definition) is 9. The highest BCUT2D eigenvalue weighted by atomic mass is 16.5. The van der Waals surface area contributed by atoms with Crippen LogP contribution in [0.2, 0.25) is 0 Å². The van der Waals surface area contributed by atoms with Gasteiger partial charge in [-0.05, 0) is 132 Å². The Morgan fingerprint density at radius 1 is 0.607 bits per heavy atom. The number of likely N-dealkylation sites (tertiary alicyclic amines) is 2. The highest BCUT2D eigenvalue weighted by molar-refractivity contribution is 5.85. The average molecular weight is 769 g/mol. The van der Waals surface area contributed by atoms with Gasteiger partial charge in [-0.3, -0.25) is 19.4 Å². The summed E-state index contributed by atoms with van der Waals surface area (Å²) >= 11 is 0. The Kier molecular flexibility index (Phi) is 15.6. The summed E-state index contributed by atoms with van der Waals surface area (Å²) in [6.07, 6.45) is 9.77. The van der Waals surface area contributed by atoms with Crippen LogP contribution in [0.1, 0.15) is 83.8 Å². The van der Waals surface area contributed by atoms with E-state index in [1.54, 1.807) is 12.1 Å². The molecule has 4 fully saturated rings. The molecular weight excluding hydrogens is 705 g/mol. The van der Waals surface area contributed by atoms with Crippen LogP contribution < -0.4 is 4.74 Å². The summed E-state index contributed by atoms with van der Waals surface area (Å²) in [5.41, 5.74) is 2.49. The van der Waals surface area contributed by atoms with E-state index in [2.05, 4.69) is 72.2 Å². The number of ether oxygens (including phenoxy) is 3. The van der Waals surface area contributed by atoms with Gasteiger partial charge in [0.05, 0.1) is 38.3 Å². The number of phenolic OH excluding ortho intramolecular Hbond substituents is 1. The Morgan fingerprint density at radius 2 is 1.04 bits per heavy atom. The number of hydrogen-bond donors (Lipinski definition) is 2. The van der Waals surface area contributed by atoms with Gasteiger partial charge in [0.1, 0.15) is 11.5 Å². The normalized spacial score (nSPS) is 22.9. The first-order chi connectivity index (χ1) is 26.5. The van der Waals surface area contributed by atoms with E-state index in [0.29, 0.717) is 6.10 Å². The van der Waals surface area contributed by atoms with Crippen molar-refractivity contribution in [2.45, 2.75) is 97.9 Å². The van der Waals surface area contributed by atoms with E-state index in [9.17, 15) is 14.7 Å². The van der Waals surface area contributed by atoms with Gasteiger partial charge in [0.25, 0.3) is 0 Å². The number of aliphatic hydroxyl groups excluding tert-OH is 1. The zero-order valence-corrected chi connectivity index (χ0v) is 33.1. The summed E-state index contributed by atoms with van der Waals surface area (Å²) < 4.78 is 15.8. The minimum absolute atomic E-state index is 0. The van der Waals surface area contributed by atoms with Crippen LogP contribution in [0.4, 0.5) is 0 Å². The molecule has 0 spiro atoms. The molecule has 8 rings (SSSR count). The predicted molar refractivity (Wildman–Crippen MR) is 224 cm³/mol. The van der Waals surface area contributed by atoms with E-state index >= 15 is 0 Å². The van der Waals surface area contributed by atoms with E-state index < -0.39 is 0 Å². The smallest absolute Gasteiger partial charge is 0.311 e. The number of carbonyl (C=O) groups is 2. The van der Waals surface area contributed by atoms with Gasteiger partial charge in [-0.2, -0.15) is 0 Å². The molecule has 4 aromatic rings. The summed E-state index contributed by atoms with van der Waals surface area (Å²) in [5.74, 6) is 2.83. The minimum Gasteiger partial charge on any atom is -0.508 e. The van der Waals surface area contributed by atoms with Crippen molar-refractivity contribution in [2.24, 2.45) is 23.7 Å². The van der Waals surface area contributed by atoms with E-state index in [4.69, 9.17) is 19.3 Å². The molecule has 0 amide bonds. The Labute approximate surface area is 333 Å². The molecular formula is C47H64N2O7. The summed E-state index contributed by atoms with van der Waals surface area (Å²) in [6.45, 7) is 9.41. The van der Waals surface area contributed by atoms with Gasteiger partial charge in [0, 0.05) is 39.3 Å². The topological polar surface area (TPSA) is 109 Å². The van der Waals surface area contributed by atoms with E-state index in [0.717, 1.165) is 80.5 Å². The van der Waals surface area contributed by atoms with Crippen molar-refractivity contribution in [3.8, 4) is 11.5 Å². The van der Waals surface area contributed by atoms with Gasteiger partial charge in [0.15, 0.2) is 0 Å². The second-order valence-electron chi connectivity index (χ2n) is 16.5. The fourth-order valence-electron chi connectivity index (χ4n) is 8.15. The van der Waals surface area contributed by atoms with Crippen LogP contribution in [0, 0.1) is 23.7 Å². The number of fused-ring (bicyclic) bond motifs is 2. The number of benzene rings is 4. The lowest BCUT2D eigenvalue weighted by Gasteiger charge is -2.37. The SMILES string of the molecule is C.CC1CCC(O)CC1.COC(=O)C1CN(Cc2ccc3cc(O)ccc3c2)C1.COC(=O)C1CN(Cc2ccc3cc(OC4CCC(C)CC4)ccc3c2)C1. The molecule has 9 heteroatoms. The molecule has 2 aliphatic heterocycles. The van der Waals surface area contributed by atoms with Crippen LogP contribution in [0.3, 0.4) is 0 Å². The van der Waals surface area contributed by atoms with Crippen LogP contribution in [-0.4, -0.2) is 84.6 Å². The fraction of sp³-hybridized carbons (Fsp3) is 0.532. The lowest BCUT2D eigenvalue weighted by atomic mass is 9.89. The molecule has 0 aromatic heterocycles. The second-order valence-corrected chi connectivity index (χ2v) is 16.5. The van der Waals surface area contributed by atoms with Crippen molar-refractivity contribution in [3.63, 3.8) is 0 Å². The number of carbonyl (C=O) groups excluding carboxylic acids is 2. The highest BCUT2D eigenvalue weighted by Crippen LogP contribution is 2.30. The van der Waals surface area contributed by atoms with Gasteiger partial charge >= 0.3 is 11.9 Å². The number of phenols is 1. The molecule has 2 saturated heterocycles. The van der Waals surface area contributed by atoms with Crippen molar-refractivity contribution in [2.75, 3.05) is 40.4 Å². The van der Waals surface area contributed by atoms with Gasteiger partial charge in [0.2, 0.25) is 0 Å². The van der Waals surface area contributed by atoms with Crippen molar-refractivity contribution in [1.82, 2.24) is 9.80 Å². The van der Waals surface area contributed by atoms with Crippen LogP contribution >= 0.6 is 0 Å². The van der Waals surface area contributed by atoms with Crippen LogP contribution in [0.25, 0.3) is 21.5 Å². The number of nitrogens with zero attached hydrogens (tertiary/aromatic N) is 2. The third kappa shape index (κ3) is 11.9. The number of aliphatic hydroxyl groups is 1. The molecule has 2 N–H and O–H groups in total. The van der Waals surface area contributed by atoms with Gasteiger partial charge in [-0.15, -0.1) is 0 Å². The summed E-state index contributed by atoms with van der Waals surface area (Å²) in [5, 5.41) is 23.1. The summed E-state index contributed by atoms with van der Waals surface area (Å²) in [6, 6.07) is 24.6. The maximum atomic E-state index is 11.5. The van der Waals surface area contributed by atoms with Crippen LogP contribution in [-0.2, 0) is 32.2 Å². The molecule has 0 unspecified atom stereocenters. The molecule has 0 radical (unpaired) electrons. The monoisotopic (exact) mass is 768 g/mol. The zero-order valence-electron chi connectivity index (χ0n) is 33.1. The minimum atomic E-state index is -0.116. The van der Waals surface area contributed by atoms with Gasteiger partial charge in [-0.25, -0.2) is 0 Å². The zero-order chi connectivity index (χ0) is 38.9. The molecule has 2 heterocycles. The maximum absolute atomic E-state index is 11.5. The van der Waals surface area contributed by atoms with Crippen LogP contribution in [0.15, 0.2) is 72.8 Å². The fourth-order valence-corrected chi connectivity index (χ4v) is 8.15. The Morgan fingerprint density at radius 3 is 1.52 bits per heavy atom. The first-order valence-electron chi connectivity index (χ1n) is 20.2. The third-order valence-corrected chi connectivity index (χ3v) is 11.8. The molecule has 0 bridgehead atoms. The number of aromatic hydroxyl groups is 1. The molecule has 9 nitrogen and oxygen atoms in total. The number of rotatable bonds is 8. The quantitative estimate of drug-likeness (QED) is 0.170. The number of methoxy groups -OCH3 is 2. The Balaban J connectivity index is 0.000000181. The lowest BCUT2D eigenvalue weighted by molar-refractivity contribution is -0.152. The van der Waals surface area contributed by atoms with Gasteiger partial charge in [-0.1, -0.05) is 57.7 Å². The molecule has 56 heavy (non-hydrogen) atoms. The third-order valence-electron chi connectivity index (χ3n) is 11.8. The molecule has 304 valence electrons. The molecule has 0 atom stereocenters. The Hall–Kier alpha value is -4.18. The Bertz CT molecular complexity index is 1860. The summed E-state index contributed by atoms with van der Waals surface area (Å²) in [7, 11) is 2.89. The highest BCUT2D eigenvalue weighted by Gasteiger charge is 2.34. The molecule has 2 saturated carbocycles. The standard InChI is InChI=1S/C23H29NO3.C16H17NO3.C7H14O.CH4/c1-16-3-8-21(9-4-16)27-22-10-7-18-11-17(5-6-19(18)12-22)13-24-14-20(15-24)23(25)26-2;1-20-16(19)14-9-17(10-14)8-11-2-3-13-7-15(18)5-4-12(13)6-11;1-6-2-4-7(8)5-3-6;/h5-7,10-12,16,20-21H,3-4,8-9,13-15H2,1-2H3;2-7,14,18H,8-10H2,1H3;6-8H,2-5H2,1H3;1H4. The maximum Gasteiger partial charge on any atom is 0.311 e. The van der Waals surface area contributed by atoms with E-state index in [-0.39, 0.29) is 43.1 Å².